The number of fused-ring (bicyclic) bond motifs is 4. The largest absolute Gasteiger partial charge is 0.372 e. The minimum atomic E-state index is -0.323. The zero-order chi connectivity index (χ0) is 17.8. The van der Waals surface area contributed by atoms with Gasteiger partial charge in [0.05, 0.1) is 19.6 Å². The summed E-state index contributed by atoms with van der Waals surface area (Å²) in [5.74, 6) is 0.263. The van der Waals surface area contributed by atoms with Crippen molar-refractivity contribution in [3.63, 3.8) is 0 Å². The van der Waals surface area contributed by atoms with E-state index in [1.165, 1.54) is 30.5 Å². The van der Waals surface area contributed by atoms with Gasteiger partial charge >= 0.3 is 0 Å². The van der Waals surface area contributed by atoms with Crippen molar-refractivity contribution in [2.45, 2.75) is 57.1 Å². The molecule has 2 fully saturated rings. The molecule has 3 aliphatic rings. The number of likely N-dealkylation sites (tertiary alicyclic amines) is 1. The molecule has 2 heterocycles. The molecule has 1 unspecified atom stereocenters. The van der Waals surface area contributed by atoms with Gasteiger partial charge in [-0.2, -0.15) is 0 Å². The van der Waals surface area contributed by atoms with E-state index in [1.54, 1.807) is 0 Å². The van der Waals surface area contributed by atoms with Crippen LogP contribution in [0.3, 0.4) is 0 Å². The molecule has 2 aliphatic heterocycles. The van der Waals surface area contributed by atoms with Gasteiger partial charge in [0.2, 0.25) is 5.91 Å². The second-order valence-corrected chi connectivity index (χ2v) is 8.98. The highest BCUT2D eigenvalue weighted by molar-refractivity contribution is 5.93. The Bertz CT molecular complexity index is 697. The van der Waals surface area contributed by atoms with Crippen molar-refractivity contribution in [2.24, 2.45) is 11.7 Å². The number of hydrogen-bond donors (Lipinski definition) is 1. The molecule has 2 N–H and O–H groups in total. The second-order valence-electron chi connectivity index (χ2n) is 8.98. The number of hydrogen-bond acceptors (Lipinski definition) is 2. The lowest BCUT2D eigenvalue weighted by Crippen LogP contribution is -2.68. The molecule has 0 spiro atoms. The molecule has 0 aromatic heterocycles. The Balaban J connectivity index is 1.69. The average Bonchev–Trinajstić information content (AvgIpc) is 3.07. The summed E-state index contributed by atoms with van der Waals surface area (Å²) in [4.78, 5) is 11.6. The number of ether oxygens (including phenoxy) is 1. The zero-order valence-electron chi connectivity index (χ0n) is 15.8. The van der Waals surface area contributed by atoms with E-state index in [2.05, 4.69) is 33.0 Å². The van der Waals surface area contributed by atoms with Crippen LogP contribution in [0.4, 0.5) is 0 Å². The van der Waals surface area contributed by atoms with Gasteiger partial charge in [0, 0.05) is 36.3 Å². The van der Waals surface area contributed by atoms with Crippen molar-refractivity contribution in [3.8, 4) is 0 Å². The highest BCUT2D eigenvalue weighted by Gasteiger charge is 2.55. The van der Waals surface area contributed by atoms with Crippen molar-refractivity contribution in [1.29, 1.82) is 0 Å². The van der Waals surface area contributed by atoms with Crippen molar-refractivity contribution in [3.05, 3.63) is 34.9 Å². The topological polar surface area (TPSA) is 52.3 Å². The maximum Gasteiger partial charge on any atom is 0.248 e. The summed E-state index contributed by atoms with van der Waals surface area (Å²) in [6.45, 7) is 8.06. The Morgan fingerprint density at radius 3 is 2.92 bits per heavy atom. The molecule has 1 amide bonds. The smallest absolute Gasteiger partial charge is 0.248 e. The molecule has 0 saturated carbocycles. The fourth-order valence-electron chi connectivity index (χ4n) is 5.77. The third-order valence-electron chi connectivity index (χ3n) is 7.61. The normalized spacial score (nSPS) is 39.9. The van der Waals surface area contributed by atoms with Gasteiger partial charge in [-0.25, -0.2) is 0 Å². The Hall–Kier alpha value is -1.39. The van der Waals surface area contributed by atoms with E-state index in [0.29, 0.717) is 23.6 Å². The van der Waals surface area contributed by atoms with E-state index in [-0.39, 0.29) is 11.3 Å². The number of rotatable bonds is 3. The molecule has 25 heavy (non-hydrogen) atoms. The summed E-state index contributed by atoms with van der Waals surface area (Å²) in [7, 11) is 2.44. The van der Waals surface area contributed by atoms with Gasteiger partial charge in [0.1, 0.15) is 12.6 Å². The number of primary amides is 1. The van der Waals surface area contributed by atoms with Gasteiger partial charge in [-0.05, 0) is 36.1 Å². The number of likely N-dealkylation sites (N-methyl/N-ethyl adjacent to an activating group) is 1. The van der Waals surface area contributed by atoms with E-state index in [4.69, 9.17) is 10.5 Å². The first-order chi connectivity index (χ1) is 11.8. The molecule has 2 saturated heterocycles. The highest BCUT2D eigenvalue weighted by atomic mass is 16.5. The summed E-state index contributed by atoms with van der Waals surface area (Å²) < 4.78 is 7.09. The fraction of sp³-hybridized carbons (Fsp3) is 0.667. The average molecular weight is 343 g/mol. The van der Waals surface area contributed by atoms with Gasteiger partial charge < -0.3 is 15.0 Å². The number of carbonyl (C=O) groups is 1. The van der Waals surface area contributed by atoms with Crippen LogP contribution in [0.2, 0.25) is 0 Å². The molecule has 0 radical (unpaired) electrons. The molecular formula is C21H31N2O2+. The third-order valence-corrected chi connectivity index (χ3v) is 7.61. The minimum Gasteiger partial charge on any atom is -0.372 e. The predicted molar refractivity (Wildman–Crippen MR) is 98.5 cm³/mol. The molecule has 2 bridgehead atoms. The lowest BCUT2D eigenvalue weighted by molar-refractivity contribution is -0.946. The monoisotopic (exact) mass is 343 g/mol. The van der Waals surface area contributed by atoms with E-state index < -0.39 is 0 Å². The van der Waals surface area contributed by atoms with Crippen LogP contribution in [-0.2, 0) is 16.6 Å². The molecule has 4 rings (SSSR count). The van der Waals surface area contributed by atoms with Gasteiger partial charge in [0.15, 0.2) is 0 Å². The van der Waals surface area contributed by atoms with E-state index in [9.17, 15) is 4.79 Å². The highest BCUT2D eigenvalue weighted by Crippen LogP contribution is 2.50. The molecular weight excluding hydrogens is 312 g/mol. The van der Waals surface area contributed by atoms with E-state index in [0.717, 1.165) is 30.5 Å². The van der Waals surface area contributed by atoms with Crippen LogP contribution >= 0.6 is 0 Å². The molecule has 1 aliphatic carbocycles. The molecule has 1 aromatic carbocycles. The summed E-state index contributed by atoms with van der Waals surface area (Å²) >= 11 is 0. The number of piperidine rings is 1. The van der Waals surface area contributed by atoms with Crippen molar-refractivity contribution in [2.75, 3.05) is 26.7 Å². The van der Waals surface area contributed by atoms with Crippen LogP contribution in [0.25, 0.3) is 0 Å². The summed E-state index contributed by atoms with van der Waals surface area (Å²) in [5.41, 5.74) is 9.08. The number of quaternary nitrogens is 1. The zero-order valence-corrected chi connectivity index (χ0v) is 15.8. The van der Waals surface area contributed by atoms with Crippen LogP contribution in [0.15, 0.2) is 18.2 Å². The van der Waals surface area contributed by atoms with Crippen molar-refractivity contribution in [1.82, 2.24) is 0 Å². The van der Waals surface area contributed by atoms with Crippen LogP contribution in [0, 0.1) is 5.92 Å². The van der Waals surface area contributed by atoms with Crippen molar-refractivity contribution >= 4 is 5.91 Å². The summed E-state index contributed by atoms with van der Waals surface area (Å²) in [6, 6.07) is 6.74. The summed E-state index contributed by atoms with van der Waals surface area (Å²) in [6.07, 6.45) is 5.10. The van der Waals surface area contributed by atoms with Crippen LogP contribution in [0.1, 0.15) is 54.6 Å². The molecule has 1 aromatic rings. The maximum absolute atomic E-state index is 11.6. The van der Waals surface area contributed by atoms with Gasteiger partial charge in [-0.1, -0.05) is 19.9 Å². The first kappa shape index (κ1) is 17.0. The van der Waals surface area contributed by atoms with Gasteiger partial charge in [-0.15, -0.1) is 0 Å². The second kappa shape index (κ2) is 5.82. The standard InChI is InChI=1S/C21H30N2O2/c1-14-19-12-15-6-7-16(20(22)24)11-18(15)21(14,2)8-9-23(19,3)13-17-5-4-10-25-17/h6-7,11,14,17,19H,4-5,8-10,12-13H2,1-3H3,(H-,22,24)/p+1/t14-,17-,19?,21-,23-/m0/s1. The van der Waals surface area contributed by atoms with Crippen LogP contribution in [0.5, 0.6) is 0 Å². The summed E-state index contributed by atoms with van der Waals surface area (Å²) in [5, 5.41) is 0. The Labute approximate surface area is 150 Å². The van der Waals surface area contributed by atoms with Gasteiger partial charge in [0.25, 0.3) is 0 Å². The molecule has 4 heteroatoms. The van der Waals surface area contributed by atoms with Crippen LogP contribution in [-0.4, -0.2) is 49.3 Å². The molecule has 136 valence electrons. The minimum absolute atomic E-state index is 0.137. The Kier molecular flexibility index (Phi) is 3.97. The molecule has 5 atom stereocenters. The lowest BCUT2D eigenvalue weighted by atomic mass is 9.58. The quantitative estimate of drug-likeness (QED) is 0.858. The van der Waals surface area contributed by atoms with Crippen LogP contribution < -0.4 is 5.73 Å². The third kappa shape index (κ3) is 2.61. The number of nitrogens with zero attached hydrogens (tertiary/aromatic N) is 1. The van der Waals surface area contributed by atoms with E-state index in [1.807, 2.05) is 6.07 Å². The van der Waals surface area contributed by atoms with Crippen molar-refractivity contribution < 1.29 is 14.0 Å². The lowest BCUT2D eigenvalue weighted by Gasteiger charge is -2.58. The number of amides is 1. The SMILES string of the molecule is C[C@H]1C2Cc3ccc(C(N)=O)cc3[C@@]1(C)CC[N@@+]2(C)C[C@@H]1CCCO1. The predicted octanol–water partition coefficient (Wildman–Crippen LogP) is 2.63. The van der Waals surface area contributed by atoms with E-state index >= 15 is 0 Å². The first-order valence-electron chi connectivity index (χ1n) is 9.72. The number of carbonyl (C=O) groups excluding carboxylic acids is 1. The molecule has 4 nitrogen and oxygen atoms in total. The Morgan fingerprint density at radius 2 is 2.24 bits per heavy atom. The number of benzene rings is 1. The van der Waals surface area contributed by atoms with Gasteiger partial charge in [-0.3, -0.25) is 4.79 Å². The first-order valence-corrected chi connectivity index (χ1v) is 9.72. The fourth-order valence-corrected chi connectivity index (χ4v) is 5.77. The number of nitrogens with two attached hydrogens (primary N) is 1. The maximum atomic E-state index is 11.6. The Morgan fingerprint density at radius 1 is 1.44 bits per heavy atom.